The maximum atomic E-state index is 12.1. The Hall–Kier alpha value is -1.91. The van der Waals surface area contributed by atoms with Gasteiger partial charge in [-0.2, -0.15) is 5.26 Å². The maximum Gasteiger partial charge on any atom is 0.323 e. The van der Waals surface area contributed by atoms with E-state index in [4.69, 9.17) is 10.4 Å². The summed E-state index contributed by atoms with van der Waals surface area (Å²) in [4.78, 5) is 11.2. The SMILES string of the molecule is CCC(C)(NCCS(=O)(=O)c1ccc(C#N)cc1)C(=O)O. The Balaban J connectivity index is 2.73. The summed E-state index contributed by atoms with van der Waals surface area (Å²) in [6.07, 6.45) is 0.346. The third kappa shape index (κ3) is 4.28. The van der Waals surface area contributed by atoms with E-state index < -0.39 is 21.3 Å². The van der Waals surface area contributed by atoms with Crippen LogP contribution in [0.2, 0.25) is 0 Å². The van der Waals surface area contributed by atoms with Gasteiger partial charge in [-0.05, 0) is 37.6 Å². The van der Waals surface area contributed by atoms with E-state index in [-0.39, 0.29) is 17.2 Å². The van der Waals surface area contributed by atoms with Crippen molar-refractivity contribution in [2.75, 3.05) is 12.3 Å². The highest BCUT2D eigenvalue weighted by Crippen LogP contribution is 2.13. The lowest BCUT2D eigenvalue weighted by molar-refractivity contribution is -0.144. The van der Waals surface area contributed by atoms with Crippen LogP contribution >= 0.6 is 0 Å². The molecule has 1 atom stereocenters. The van der Waals surface area contributed by atoms with Gasteiger partial charge < -0.3 is 10.4 Å². The van der Waals surface area contributed by atoms with Crippen molar-refractivity contribution in [1.82, 2.24) is 5.32 Å². The van der Waals surface area contributed by atoms with E-state index in [0.29, 0.717) is 12.0 Å². The van der Waals surface area contributed by atoms with Crippen LogP contribution in [0.15, 0.2) is 29.2 Å². The molecule has 0 aliphatic carbocycles. The van der Waals surface area contributed by atoms with Crippen molar-refractivity contribution in [1.29, 1.82) is 5.26 Å². The van der Waals surface area contributed by atoms with Gasteiger partial charge in [-0.25, -0.2) is 8.42 Å². The molecule has 1 aromatic rings. The smallest absolute Gasteiger partial charge is 0.323 e. The molecule has 1 unspecified atom stereocenters. The van der Waals surface area contributed by atoms with Gasteiger partial charge in [0.1, 0.15) is 5.54 Å². The largest absolute Gasteiger partial charge is 0.480 e. The van der Waals surface area contributed by atoms with Crippen LogP contribution in [0.1, 0.15) is 25.8 Å². The van der Waals surface area contributed by atoms with Crippen molar-refractivity contribution in [3.63, 3.8) is 0 Å². The van der Waals surface area contributed by atoms with E-state index in [2.05, 4.69) is 5.32 Å². The third-order valence-electron chi connectivity index (χ3n) is 3.41. The van der Waals surface area contributed by atoms with Crippen LogP contribution in [-0.2, 0) is 14.6 Å². The topological polar surface area (TPSA) is 107 Å². The second kappa shape index (κ2) is 6.70. The number of carboxylic acids is 1. The summed E-state index contributed by atoms with van der Waals surface area (Å²) < 4.78 is 24.2. The molecule has 7 heteroatoms. The molecule has 1 rings (SSSR count). The van der Waals surface area contributed by atoms with Gasteiger partial charge in [0.15, 0.2) is 9.84 Å². The Kier molecular flexibility index (Phi) is 5.47. The van der Waals surface area contributed by atoms with Crippen molar-refractivity contribution in [2.24, 2.45) is 0 Å². The van der Waals surface area contributed by atoms with E-state index in [1.54, 1.807) is 6.92 Å². The average Bonchev–Trinajstić information content (AvgIpc) is 2.46. The molecule has 21 heavy (non-hydrogen) atoms. The normalized spacial score (nSPS) is 14.1. The minimum absolute atomic E-state index is 0.0406. The standard InChI is InChI=1S/C14H18N2O4S/c1-3-14(2,13(17)18)16-8-9-21(19,20)12-6-4-11(10-15)5-7-12/h4-7,16H,3,8-9H2,1-2H3,(H,17,18). The van der Waals surface area contributed by atoms with Crippen molar-refractivity contribution in [3.8, 4) is 6.07 Å². The first-order valence-electron chi connectivity index (χ1n) is 6.46. The Labute approximate surface area is 124 Å². The Morgan fingerprint density at radius 2 is 1.95 bits per heavy atom. The van der Waals surface area contributed by atoms with Crippen LogP contribution < -0.4 is 5.32 Å². The Morgan fingerprint density at radius 3 is 2.38 bits per heavy atom. The van der Waals surface area contributed by atoms with Crippen molar-refractivity contribution >= 4 is 15.8 Å². The molecule has 0 fully saturated rings. The molecule has 0 radical (unpaired) electrons. The predicted octanol–water partition coefficient (Wildman–Crippen LogP) is 1.17. The molecule has 0 saturated carbocycles. The molecule has 0 amide bonds. The van der Waals surface area contributed by atoms with E-state index in [0.717, 1.165) is 0 Å². The molecule has 1 aromatic carbocycles. The van der Waals surface area contributed by atoms with Gasteiger partial charge in [0.25, 0.3) is 0 Å². The molecule has 0 aromatic heterocycles. The van der Waals surface area contributed by atoms with Crippen LogP contribution in [0.3, 0.4) is 0 Å². The molecular formula is C14H18N2O4S. The summed E-state index contributed by atoms with van der Waals surface area (Å²) in [7, 11) is -3.51. The highest BCUT2D eigenvalue weighted by Gasteiger charge is 2.30. The second-order valence-electron chi connectivity index (χ2n) is 4.87. The number of nitriles is 1. The first-order valence-corrected chi connectivity index (χ1v) is 8.12. The fourth-order valence-electron chi connectivity index (χ4n) is 1.67. The van der Waals surface area contributed by atoms with Gasteiger partial charge in [0, 0.05) is 6.54 Å². The van der Waals surface area contributed by atoms with Crippen molar-refractivity contribution < 1.29 is 18.3 Å². The van der Waals surface area contributed by atoms with E-state index in [1.807, 2.05) is 6.07 Å². The van der Waals surface area contributed by atoms with Crippen LogP contribution in [0.4, 0.5) is 0 Å². The summed E-state index contributed by atoms with van der Waals surface area (Å²) in [5.74, 6) is -1.22. The van der Waals surface area contributed by atoms with Gasteiger partial charge in [0.2, 0.25) is 0 Å². The van der Waals surface area contributed by atoms with Crippen molar-refractivity contribution in [3.05, 3.63) is 29.8 Å². The number of nitrogens with one attached hydrogen (secondary N) is 1. The average molecular weight is 310 g/mol. The number of hydrogen-bond donors (Lipinski definition) is 2. The number of carbonyl (C=O) groups is 1. The number of aliphatic carboxylic acids is 1. The monoisotopic (exact) mass is 310 g/mol. The maximum absolute atomic E-state index is 12.1. The number of nitrogens with zero attached hydrogens (tertiary/aromatic N) is 1. The zero-order valence-corrected chi connectivity index (χ0v) is 12.8. The fourth-order valence-corrected chi connectivity index (χ4v) is 2.83. The first kappa shape index (κ1) is 17.1. The lowest BCUT2D eigenvalue weighted by Crippen LogP contribution is -2.50. The lowest BCUT2D eigenvalue weighted by atomic mass is 9.99. The molecule has 0 bridgehead atoms. The van der Waals surface area contributed by atoms with Crippen LogP contribution in [-0.4, -0.2) is 37.3 Å². The van der Waals surface area contributed by atoms with Crippen LogP contribution in [0.5, 0.6) is 0 Å². The molecule has 0 aliphatic rings. The summed E-state index contributed by atoms with van der Waals surface area (Å²) in [5, 5.41) is 20.5. The lowest BCUT2D eigenvalue weighted by Gasteiger charge is -2.24. The van der Waals surface area contributed by atoms with E-state index in [9.17, 15) is 13.2 Å². The molecule has 114 valence electrons. The minimum atomic E-state index is -3.51. The van der Waals surface area contributed by atoms with Gasteiger partial charge in [-0.1, -0.05) is 6.92 Å². The van der Waals surface area contributed by atoms with E-state index in [1.165, 1.54) is 31.2 Å². The van der Waals surface area contributed by atoms with Crippen LogP contribution in [0, 0.1) is 11.3 Å². The number of benzene rings is 1. The Bertz CT molecular complexity index is 647. The van der Waals surface area contributed by atoms with Crippen molar-refractivity contribution in [2.45, 2.75) is 30.7 Å². The summed E-state index contributed by atoms with van der Waals surface area (Å²) >= 11 is 0. The first-order chi connectivity index (χ1) is 9.75. The number of carboxylic acid groups (broad SMARTS) is 1. The fraction of sp³-hybridized carbons (Fsp3) is 0.429. The third-order valence-corrected chi connectivity index (χ3v) is 5.14. The minimum Gasteiger partial charge on any atom is -0.480 e. The summed E-state index contributed by atoms with van der Waals surface area (Å²) in [6, 6.07) is 7.55. The highest BCUT2D eigenvalue weighted by molar-refractivity contribution is 7.91. The zero-order chi connectivity index (χ0) is 16.1. The molecular weight excluding hydrogens is 292 g/mol. The van der Waals surface area contributed by atoms with Crippen LogP contribution in [0.25, 0.3) is 0 Å². The molecule has 0 heterocycles. The number of sulfone groups is 1. The summed E-state index contributed by atoms with van der Waals surface area (Å²) in [5.41, 5.74) is -0.753. The van der Waals surface area contributed by atoms with Gasteiger partial charge in [-0.3, -0.25) is 4.79 Å². The Morgan fingerprint density at radius 1 is 1.38 bits per heavy atom. The molecule has 0 saturated heterocycles. The molecule has 0 aliphatic heterocycles. The summed E-state index contributed by atoms with van der Waals surface area (Å²) in [6.45, 7) is 3.28. The van der Waals surface area contributed by atoms with Gasteiger partial charge in [0.05, 0.1) is 22.3 Å². The molecule has 6 nitrogen and oxygen atoms in total. The second-order valence-corrected chi connectivity index (χ2v) is 6.98. The number of rotatable bonds is 7. The molecule has 2 N–H and O–H groups in total. The van der Waals surface area contributed by atoms with Gasteiger partial charge >= 0.3 is 5.97 Å². The molecule has 0 spiro atoms. The number of hydrogen-bond acceptors (Lipinski definition) is 5. The zero-order valence-electron chi connectivity index (χ0n) is 12.0. The predicted molar refractivity (Wildman–Crippen MR) is 77.5 cm³/mol. The highest BCUT2D eigenvalue weighted by atomic mass is 32.2. The van der Waals surface area contributed by atoms with Gasteiger partial charge in [-0.15, -0.1) is 0 Å². The quantitative estimate of drug-likeness (QED) is 0.783. The van der Waals surface area contributed by atoms with E-state index >= 15 is 0 Å².